The summed E-state index contributed by atoms with van der Waals surface area (Å²) >= 11 is 1.61. The SMILES string of the molecule is CCCOc1ccc(/C=N\NC(=O)c2ccc3nc(SC(C)C)[nH]c3c2)cc1[N+](=O)[O-]. The van der Waals surface area contributed by atoms with Crippen LogP contribution in [0.4, 0.5) is 5.69 Å². The quantitative estimate of drug-likeness (QED) is 0.218. The molecule has 0 aliphatic carbocycles. The summed E-state index contributed by atoms with van der Waals surface area (Å²) in [5, 5.41) is 16.4. The number of nitrogens with one attached hydrogen (secondary N) is 2. The van der Waals surface area contributed by atoms with Gasteiger partial charge >= 0.3 is 5.69 Å². The molecule has 0 aliphatic rings. The average molecular weight is 442 g/mol. The fraction of sp³-hybridized carbons (Fsp3) is 0.286. The van der Waals surface area contributed by atoms with Gasteiger partial charge in [-0.3, -0.25) is 14.9 Å². The van der Waals surface area contributed by atoms with Crippen molar-refractivity contribution >= 4 is 40.6 Å². The van der Waals surface area contributed by atoms with Crippen LogP contribution in [0, 0.1) is 10.1 Å². The second-order valence-electron chi connectivity index (χ2n) is 6.97. The van der Waals surface area contributed by atoms with Crippen LogP contribution in [0.2, 0.25) is 0 Å². The van der Waals surface area contributed by atoms with Crippen LogP contribution in [0.1, 0.15) is 43.1 Å². The molecule has 10 heteroatoms. The molecule has 0 aliphatic heterocycles. The van der Waals surface area contributed by atoms with E-state index in [4.69, 9.17) is 4.74 Å². The van der Waals surface area contributed by atoms with Gasteiger partial charge in [0.05, 0.1) is 28.8 Å². The largest absolute Gasteiger partial charge is 0.487 e. The molecule has 9 nitrogen and oxygen atoms in total. The Morgan fingerprint density at radius 1 is 1.35 bits per heavy atom. The number of thioether (sulfide) groups is 1. The molecule has 2 N–H and O–H groups in total. The predicted molar refractivity (Wildman–Crippen MR) is 121 cm³/mol. The molecule has 0 spiro atoms. The van der Waals surface area contributed by atoms with E-state index in [0.717, 1.165) is 22.6 Å². The Balaban J connectivity index is 1.69. The molecule has 31 heavy (non-hydrogen) atoms. The molecular formula is C21H23N5O4S. The number of carbonyl (C=O) groups excluding carboxylic acids is 1. The van der Waals surface area contributed by atoms with Crippen LogP contribution in [-0.4, -0.2) is 38.9 Å². The van der Waals surface area contributed by atoms with E-state index in [-0.39, 0.29) is 11.4 Å². The molecule has 2 aromatic carbocycles. The van der Waals surface area contributed by atoms with Gasteiger partial charge in [-0.25, -0.2) is 10.4 Å². The zero-order valence-electron chi connectivity index (χ0n) is 17.4. The highest BCUT2D eigenvalue weighted by Crippen LogP contribution is 2.27. The second-order valence-corrected chi connectivity index (χ2v) is 8.54. The van der Waals surface area contributed by atoms with Gasteiger partial charge in [0.25, 0.3) is 5.91 Å². The Bertz CT molecular complexity index is 1130. The smallest absolute Gasteiger partial charge is 0.311 e. The Kier molecular flexibility index (Phi) is 7.24. The number of ether oxygens (including phenoxy) is 1. The maximum Gasteiger partial charge on any atom is 0.311 e. The third-order valence-electron chi connectivity index (χ3n) is 4.09. The first-order valence-electron chi connectivity index (χ1n) is 9.78. The number of nitro benzene ring substituents is 1. The maximum absolute atomic E-state index is 12.4. The van der Waals surface area contributed by atoms with Gasteiger partial charge < -0.3 is 9.72 Å². The van der Waals surface area contributed by atoms with Crippen molar-refractivity contribution in [2.45, 2.75) is 37.6 Å². The molecule has 162 valence electrons. The lowest BCUT2D eigenvalue weighted by atomic mass is 10.2. The number of nitrogens with zero attached hydrogens (tertiary/aromatic N) is 3. The summed E-state index contributed by atoms with van der Waals surface area (Å²) in [4.78, 5) is 30.9. The van der Waals surface area contributed by atoms with Crippen molar-refractivity contribution in [3.05, 3.63) is 57.6 Å². The van der Waals surface area contributed by atoms with E-state index in [2.05, 4.69) is 34.3 Å². The maximum atomic E-state index is 12.4. The van der Waals surface area contributed by atoms with Crippen LogP contribution in [0.3, 0.4) is 0 Å². The molecule has 1 amide bonds. The monoisotopic (exact) mass is 441 g/mol. The molecule has 0 unspecified atom stereocenters. The predicted octanol–water partition coefficient (Wildman–Crippen LogP) is 4.52. The summed E-state index contributed by atoms with van der Waals surface area (Å²) in [6, 6.07) is 9.66. The Labute approximate surface area is 183 Å². The Hall–Kier alpha value is -3.40. The van der Waals surface area contributed by atoms with Crippen molar-refractivity contribution in [3.63, 3.8) is 0 Å². The average Bonchev–Trinajstić information content (AvgIpc) is 3.13. The summed E-state index contributed by atoms with van der Waals surface area (Å²) in [6.07, 6.45) is 2.09. The summed E-state index contributed by atoms with van der Waals surface area (Å²) < 4.78 is 5.40. The third-order valence-corrected chi connectivity index (χ3v) is 4.98. The van der Waals surface area contributed by atoms with Gasteiger partial charge in [0.1, 0.15) is 0 Å². The van der Waals surface area contributed by atoms with Gasteiger partial charge in [0.15, 0.2) is 10.9 Å². The van der Waals surface area contributed by atoms with Crippen molar-refractivity contribution in [2.24, 2.45) is 5.10 Å². The number of hydrazone groups is 1. The number of hydrogen-bond donors (Lipinski definition) is 2. The van der Waals surface area contributed by atoms with Gasteiger partial charge in [-0.1, -0.05) is 32.5 Å². The molecular weight excluding hydrogens is 418 g/mol. The minimum atomic E-state index is -0.508. The molecule has 0 saturated heterocycles. The van der Waals surface area contributed by atoms with E-state index in [9.17, 15) is 14.9 Å². The minimum Gasteiger partial charge on any atom is -0.487 e. The number of hydrogen-bond acceptors (Lipinski definition) is 7. The molecule has 3 aromatic rings. The highest BCUT2D eigenvalue weighted by molar-refractivity contribution is 7.99. The van der Waals surface area contributed by atoms with Crippen molar-refractivity contribution < 1.29 is 14.5 Å². The number of nitro groups is 1. The van der Waals surface area contributed by atoms with Crippen molar-refractivity contribution in [1.29, 1.82) is 0 Å². The molecule has 1 heterocycles. The topological polar surface area (TPSA) is 123 Å². The van der Waals surface area contributed by atoms with E-state index in [1.165, 1.54) is 18.3 Å². The zero-order valence-corrected chi connectivity index (χ0v) is 18.2. The first-order chi connectivity index (χ1) is 14.9. The molecule has 0 radical (unpaired) electrons. The van der Waals surface area contributed by atoms with Gasteiger partial charge in [-0.05, 0) is 36.8 Å². The lowest BCUT2D eigenvalue weighted by Gasteiger charge is -2.05. The van der Waals surface area contributed by atoms with Crippen LogP contribution in [0.5, 0.6) is 5.75 Å². The van der Waals surface area contributed by atoms with E-state index in [1.807, 2.05) is 6.92 Å². The molecule has 0 fully saturated rings. The summed E-state index contributed by atoms with van der Waals surface area (Å²) in [5.74, 6) is -0.195. The fourth-order valence-corrected chi connectivity index (χ4v) is 3.49. The van der Waals surface area contributed by atoms with Gasteiger partial charge in [-0.15, -0.1) is 0 Å². The van der Waals surface area contributed by atoms with Crippen LogP contribution in [0.25, 0.3) is 11.0 Å². The van der Waals surface area contributed by atoms with E-state index in [0.29, 0.717) is 23.0 Å². The zero-order chi connectivity index (χ0) is 22.4. The van der Waals surface area contributed by atoms with Crippen molar-refractivity contribution in [2.75, 3.05) is 6.61 Å². The lowest BCUT2D eigenvalue weighted by molar-refractivity contribution is -0.385. The number of rotatable bonds is 9. The lowest BCUT2D eigenvalue weighted by Crippen LogP contribution is -2.17. The Morgan fingerprint density at radius 3 is 2.87 bits per heavy atom. The first kappa shape index (κ1) is 22.3. The van der Waals surface area contributed by atoms with Crippen molar-refractivity contribution in [1.82, 2.24) is 15.4 Å². The number of fused-ring (bicyclic) bond motifs is 1. The third kappa shape index (κ3) is 5.82. The first-order valence-corrected chi connectivity index (χ1v) is 10.7. The number of amides is 1. The number of H-pyrrole nitrogens is 1. The van der Waals surface area contributed by atoms with Crippen LogP contribution < -0.4 is 10.2 Å². The molecule has 0 saturated carbocycles. The van der Waals surface area contributed by atoms with E-state index >= 15 is 0 Å². The molecule has 0 bridgehead atoms. The van der Waals surface area contributed by atoms with Crippen LogP contribution in [-0.2, 0) is 0 Å². The van der Waals surface area contributed by atoms with Crippen LogP contribution >= 0.6 is 11.8 Å². The summed E-state index contributed by atoms with van der Waals surface area (Å²) in [5.41, 5.74) is 4.72. The second kappa shape index (κ2) is 10.1. The normalized spacial score (nSPS) is 11.4. The number of aromatic nitrogens is 2. The standard InChI is InChI=1S/C21H23N5O4S/c1-4-9-30-19-8-5-14(10-18(19)26(28)29)12-22-25-20(27)15-6-7-16-17(11-15)24-21(23-16)31-13(2)3/h5-8,10-13H,4,9H2,1-3H3,(H,23,24)(H,25,27)/b22-12-. The van der Waals surface area contributed by atoms with Gasteiger partial charge in [0, 0.05) is 22.4 Å². The molecule has 3 rings (SSSR count). The fourth-order valence-electron chi connectivity index (χ4n) is 2.73. The molecule has 1 aromatic heterocycles. The number of carbonyl (C=O) groups is 1. The minimum absolute atomic E-state index is 0.150. The van der Waals surface area contributed by atoms with Crippen LogP contribution in [0.15, 0.2) is 46.7 Å². The van der Waals surface area contributed by atoms with Gasteiger partial charge in [0.2, 0.25) is 0 Å². The number of imidazole rings is 1. The Morgan fingerprint density at radius 2 is 2.16 bits per heavy atom. The van der Waals surface area contributed by atoms with Gasteiger partial charge in [-0.2, -0.15) is 5.10 Å². The molecule has 0 atom stereocenters. The van der Waals surface area contributed by atoms with Crippen molar-refractivity contribution in [3.8, 4) is 5.75 Å². The highest BCUT2D eigenvalue weighted by Gasteiger charge is 2.15. The number of aromatic amines is 1. The van der Waals surface area contributed by atoms with E-state index < -0.39 is 10.8 Å². The van der Waals surface area contributed by atoms with E-state index in [1.54, 1.807) is 36.0 Å². The summed E-state index contributed by atoms with van der Waals surface area (Å²) in [6.45, 7) is 6.47. The summed E-state index contributed by atoms with van der Waals surface area (Å²) in [7, 11) is 0. The number of benzene rings is 2. The highest BCUT2D eigenvalue weighted by atomic mass is 32.2.